The predicted molar refractivity (Wildman–Crippen MR) is 74.1 cm³/mol. The molecule has 0 amide bonds. The van der Waals surface area contributed by atoms with Gasteiger partial charge in [-0.15, -0.1) is 11.3 Å². The van der Waals surface area contributed by atoms with E-state index < -0.39 is 6.43 Å². The Morgan fingerprint density at radius 1 is 1.47 bits per heavy atom. The second-order valence-electron chi connectivity index (χ2n) is 4.25. The first kappa shape index (κ1) is 16.3. The lowest BCUT2D eigenvalue weighted by Gasteiger charge is -2.14. The third-order valence-electron chi connectivity index (χ3n) is 2.50. The number of nitrogens with zero attached hydrogens (tertiary/aromatic N) is 2. The maximum Gasteiger partial charge on any atom is 0.255 e. The Kier molecular flexibility index (Phi) is 7.19. The van der Waals surface area contributed by atoms with Gasteiger partial charge in [0.25, 0.3) is 6.43 Å². The van der Waals surface area contributed by atoms with Crippen molar-refractivity contribution in [2.75, 3.05) is 32.1 Å². The second kappa shape index (κ2) is 8.39. The molecule has 7 heteroatoms. The fourth-order valence-corrected chi connectivity index (χ4v) is 2.59. The summed E-state index contributed by atoms with van der Waals surface area (Å²) in [4.78, 5) is 6.91. The van der Waals surface area contributed by atoms with Crippen LogP contribution in [0, 0.1) is 0 Å². The molecule has 0 aromatic carbocycles. The Labute approximate surface area is 116 Å². The number of ether oxygens (including phenoxy) is 1. The van der Waals surface area contributed by atoms with E-state index in [2.05, 4.69) is 17.2 Å². The molecule has 1 heterocycles. The van der Waals surface area contributed by atoms with E-state index in [1.165, 1.54) is 16.2 Å². The van der Waals surface area contributed by atoms with Crippen molar-refractivity contribution in [2.45, 2.75) is 32.9 Å². The summed E-state index contributed by atoms with van der Waals surface area (Å²) in [5.74, 6) is 0. The molecule has 0 spiro atoms. The number of halogens is 2. The van der Waals surface area contributed by atoms with E-state index in [1.807, 2.05) is 0 Å². The Bertz CT molecular complexity index is 374. The van der Waals surface area contributed by atoms with E-state index in [0.717, 1.165) is 23.5 Å². The highest BCUT2D eigenvalue weighted by Crippen LogP contribution is 2.26. The van der Waals surface area contributed by atoms with Gasteiger partial charge in [-0.1, -0.05) is 6.92 Å². The van der Waals surface area contributed by atoms with Crippen LogP contribution in [-0.4, -0.2) is 38.7 Å². The minimum absolute atomic E-state index is 0.304. The molecule has 19 heavy (non-hydrogen) atoms. The molecule has 0 bridgehead atoms. The first-order valence-electron chi connectivity index (χ1n) is 6.26. The van der Waals surface area contributed by atoms with Crippen LogP contribution in [0.5, 0.6) is 0 Å². The highest BCUT2D eigenvalue weighted by molar-refractivity contribution is 7.15. The van der Waals surface area contributed by atoms with Gasteiger partial charge in [0, 0.05) is 25.6 Å². The fourth-order valence-electron chi connectivity index (χ4n) is 1.58. The molecule has 110 valence electrons. The average molecular weight is 293 g/mol. The number of thiazole rings is 1. The van der Waals surface area contributed by atoms with Gasteiger partial charge in [0.15, 0.2) is 5.13 Å². The number of rotatable bonds is 9. The molecule has 0 radical (unpaired) electrons. The van der Waals surface area contributed by atoms with Crippen LogP contribution in [0.15, 0.2) is 0 Å². The molecular weight excluding hydrogens is 272 g/mol. The zero-order valence-electron chi connectivity index (χ0n) is 11.6. The van der Waals surface area contributed by atoms with E-state index >= 15 is 0 Å². The van der Waals surface area contributed by atoms with Crippen molar-refractivity contribution in [3.63, 3.8) is 0 Å². The minimum Gasteiger partial charge on any atom is -0.378 e. The standard InChI is InChI=1S/C12H21F2N3OS/c1-4-5-15-6-10-9(8-18-3)16-12(19-10)17(2)7-11(13)14/h11,15H,4-8H2,1-3H3. The van der Waals surface area contributed by atoms with Crippen molar-refractivity contribution < 1.29 is 13.5 Å². The van der Waals surface area contributed by atoms with Crippen LogP contribution in [0.4, 0.5) is 13.9 Å². The Morgan fingerprint density at radius 3 is 2.79 bits per heavy atom. The molecule has 1 N–H and O–H groups in total. The smallest absolute Gasteiger partial charge is 0.255 e. The molecule has 4 nitrogen and oxygen atoms in total. The molecule has 0 saturated carbocycles. The van der Waals surface area contributed by atoms with Crippen LogP contribution in [0.1, 0.15) is 23.9 Å². The topological polar surface area (TPSA) is 37.4 Å². The molecular formula is C12H21F2N3OS. The Balaban J connectivity index is 2.74. The van der Waals surface area contributed by atoms with Crippen LogP contribution in [-0.2, 0) is 17.9 Å². The van der Waals surface area contributed by atoms with E-state index in [0.29, 0.717) is 18.3 Å². The fraction of sp³-hybridized carbons (Fsp3) is 0.750. The van der Waals surface area contributed by atoms with Gasteiger partial charge in [0.2, 0.25) is 0 Å². The Hall–Kier alpha value is -0.790. The number of hydrogen-bond donors (Lipinski definition) is 1. The van der Waals surface area contributed by atoms with Crippen LogP contribution >= 0.6 is 11.3 Å². The summed E-state index contributed by atoms with van der Waals surface area (Å²) in [6.45, 7) is 3.82. The number of alkyl halides is 2. The maximum absolute atomic E-state index is 12.4. The normalized spacial score (nSPS) is 11.3. The van der Waals surface area contributed by atoms with Gasteiger partial charge in [-0.05, 0) is 13.0 Å². The van der Waals surface area contributed by atoms with E-state index in [-0.39, 0.29) is 6.54 Å². The summed E-state index contributed by atoms with van der Waals surface area (Å²) in [7, 11) is 3.23. The molecule has 0 atom stereocenters. The highest BCUT2D eigenvalue weighted by atomic mass is 32.1. The number of nitrogens with one attached hydrogen (secondary N) is 1. The number of aromatic nitrogens is 1. The average Bonchev–Trinajstić information content (AvgIpc) is 2.73. The summed E-state index contributed by atoms with van der Waals surface area (Å²) in [6.07, 6.45) is -1.31. The van der Waals surface area contributed by atoms with Crippen molar-refractivity contribution in [1.29, 1.82) is 0 Å². The predicted octanol–water partition coefficient (Wildman–Crippen LogP) is 2.49. The van der Waals surface area contributed by atoms with E-state index in [9.17, 15) is 8.78 Å². The van der Waals surface area contributed by atoms with Crippen molar-refractivity contribution >= 4 is 16.5 Å². The van der Waals surface area contributed by atoms with Gasteiger partial charge >= 0.3 is 0 Å². The van der Waals surface area contributed by atoms with Crippen LogP contribution in [0.25, 0.3) is 0 Å². The summed E-state index contributed by atoms with van der Waals surface area (Å²) in [6, 6.07) is 0. The molecule has 0 fully saturated rings. The third-order valence-corrected chi connectivity index (χ3v) is 3.71. The van der Waals surface area contributed by atoms with Gasteiger partial charge in [0.1, 0.15) is 0 Å². The molecule has 1 aromatic rings. The van der Waals surface area contributed by atoms with Crippen molar-refractivity contribution in [1.82, 2.24) is 10.3 Å². The highest BCUT2D eigenvalue weighted by Gasteiger charge is 2.16. The number of anilines is 1. The molecule has 0 aliphatic heterocycles. The lowest BCUT2D eigenvalue weighted by molar-refractivity contribution is 0.156. The van der Waals surface area contributed by atoms with Gasteiger partial charge < -0.3 is 15.0 Å². The summed E-state index contributed by atoms with van der Waals surface area (Å²) in [5.41, 5.74) is 0.826. The van der Waals surface area contributed by atoms with Crippen molar-refractivity contribution in [3.05, 3.63) is 10.6 Å². The quantitative estimate of drug-likeness (QED) is 0.710. The van der Waals surface area contributed by atoms with Gasteiger partial charge in [0.05, 0.1) is 18.8 Å². The van der Waals surface area contributed by atoms with Gasteiger partial charge in [-0.2, -0.15) is 0 Å². The van der Waals surface area contributed by atoms with Crippen LogP contribution in [0.3, 0.4) is 0 Å². The molecule has 0 saturated heterocycles. The molecule has 1 aromatic heterocycles. The van der Waals surface area contributed by atoms with E-state index in [1.54, 1.807) is 14.2 Å². The largest absolute Gasteiger partial charge is 0.378 e. The Morgan fingerprint density at radius 2 is 2.21 bits per heavy atom. The molecule has 0 unspecified atom stereocenters. The number of hydrogen-bond acceptors (Lipinski definition) is 5. The van der Waals surface area contributed by atoms with Crippen LogP contribution < -0.4 is 10.2 Å². The third kappa shape index (κ3) is 5.38. The molecule has 1 rings (SSSR count). The summed E-state index contributed by atoms with van der Waals surface area (Å²) >= 11 is 1.44. The monoisotopic (exact) mass is 293 g/mol. The van der Waals surface area contributed by atoms with Gasteiger partial charge in [-0.3, -0.25) is 0 Å². The summed E-state index contributed by atoms with van der Waals surface area (Å²) in [5, 5.41) is 3.90. The van der Waals surface area contributed by atoms with Gasteiger partial charge in [-0.25, -0.2) is 13.8 Å². The lowest BCUT2D eigenvalue weighted by atomic mass is 10.3. The second-order valence-corrected chi connectivity index (χ2v) is 5.31. The molecule has 0 aliphatic carbocycles. The van der Waals surface area contributed by atoms with Crippen molar-refractivity contribution in [2.24, 2.45) is 0 Å². The van der Waals surface area contributed by atoms with Crippen LogP contribution in [0.2, 0.25) is 0 Å². The lowest BCUT2D eigenvalue weighted by Crippen LogP contribution is -2.23. The SMILES string of the molecule is CCCNCc1sc(N(C)CC(F)F)nc1COC. The first-order chi connectivity index (χ1) is 9.08. The summed E-state index contributed by atoms with van der Waals surface area (Å²) < 4.78 is 29.8. The van der Waals surface area contributed by atoms with Crippen molar-refractivity contribution in [3.8, 4) is 0 Å². The number of methoxy groups -OCH3 is 1. The zero-order valence-corrected chi connectivity index (χ0v) is 12.4. The zero-order chi connectivity index (χ0) is 14.3. The van der Waals surface area contributed by atoms with E-state index in [4.69, 9.17) is 4.74 Å². The molecule has 0 aliphatic rings. The minimum atomic E-state index is -2.36. The first-order valence-corrected chi connectivity index (χ1v) is 7.07. The maximum atomic E-state index is 12.4.